The summed E-state index contributed by atoms with van der Waals surface area (Å²) < 4.78 is 524. The van der Waals surface area contributed by atoms with Crippen LogP contribution in [0.3, 0.4) is 0 Å². The van der Waals surface area contributed by atoms with Crippen molar-refractivity contribution >= 4 is 23.9 Å². The Balaban J connectivity index is 0.000000254. The van der Waals surface area contributed by atoms with Gasteiger partial charge in [0.2, 0.25) is 0 Å². The quantitative estimate of drug-likeness (QED) is 0.0303. The van der Waals surface area contributed by atoms with Gasteiger partial charge in [-0.25, -0.2) is 0 Å². The Hall–Kier alpha value is -7.16. The molecule has 8 heterocycles. The van der Waals surface area contributed by atoms with E-state index in [4.69, 9.17) is 144 Å². The minimum Gasteiger partial charge on any atom is -0.493 e. The first-order chi connectivity index (χ1) is 77.5. The number of carbonyl (C=O) groups excluding carboxylic acids is 4. The van der Waals surface area contributed by atoms with Crippen molar-refractivity contribution in [3.05, 3.63) is 93.0 Å². The van der Waals surface area contributed by atoms with Crippen molar-refractivity contribution in [2.75, 3.05) is 109 Å². The maximum Gasteiger partial charge on any atom is 0.323 e. The first kappa shape index (κ1) is 46.2. The standard InChI is InChI=1S/4C24H38N2O4/c4*1-14(2)9-17-13-26-8-7-16-10-21(28-5)22(29-6)11-18(16)19(26)12-20(17)30-24(27)23(25)15(3)4/h4*10-11,14-15,17,19-20,23H,7-9,12-13,25H2,1-6H3/t4*17?,19?,20?,23-/m0000/s1/i1D3,7D2,8D2,9D2,10D,14D,19D,20D;1D3,5D3,7D2,8D2,9D2,14D,19D,20D;1D3,7D2,8D2,9D2,14D,19D,20D;1D3,5D3,7D2,8D2,9D2,14D,19D/t4*14?,17?,19?,20?,23-. The van der Waals surface area contributed by atoms with Gasteiger partial charge in [-0.1, -0.05) is 110 Å². The lowest BCUT2D eigenvalue weighted by molar-refractivity contribution is -0.161. The molecule has 0 aromatic heterocycles. The smallest absolute Gasteiger partial charge is 0.323 e. The number of piperidine rings is 4. The van der Waals surface area contributed by atoms with Crippen LogP contribution >= 0.6 is 0 Å². The molecule has 20 atom stereocenters. The van der Waals surface area contributed by atoms with E-state index in [0.29, 0.717) is 14.7 Å². The predicted molar refractivity (Wildman–Crippen MR) is 471 cm³/mol. The third kappa shape index (κ3) is 23.8. The molecular formula is C96H152N8O16. The fraction of sp³-hybridized carbons (Fsp3) is 0.708. The van der Waals surface area contributed by atoms with Gasteiger partial charge in [0.15, 0.2) is 46.0 Å². The molecule has 4 fully saturated rings. The van der Waals surface area contributed by atoms with Crippen LogP contribution < -0.4 is 60.8 Å². The van der Waals surface area contributed by atoms with Crippen LogP contribution in [-0.4, -0.2) is 201 Å². The first-order valence-corrected chi connectivity index (χ1v) is 38.9. The monoisotopic (exact) mass is 1730 g/mol. The number of fused-ring (bicyclic) bond motifs is 12. The minimum absolute atomic E-state index is 0.0483. The van der Waals surface area contributed by atoms with Crippen molar-refractivity contribution in [1.82, 2.24) is 19.6 Å². The SMILES string of the molecule is [2H]C([2H])([2H])Oc1cc2c(cc1OC)C1([2H])CC(OC(=O)[C@@H](N)C(C)C)C(C([2H])([2H])C([2H])(C)C([2H])([2H])[2H])CN1C([2H])([2H])C2([2H])[2H].[2H]C([2H])([2H])Oc1cc2c(cc1OC)C1([2H])CC([2H])(OC(=O)[C@@H](N)C(C)C)C(C([2H])([2H])C([2H])(C)C([2H])([2H])[2H])CN1C([2H])([2H])C2([2H])[2H].[2H]C1(OC(=O)[C@@H](N)C(C)C)CC2([2H])c3cc(OC)c(OC)cc3C([2H])([2H])C([2H])([2H])N2CC1C([2H])([2H])C([2H])(C)C([2H])([2H])[2H].[2H]c1c(OC)c(OC)cc2c1C([2H])([2H])C([2H])([2H])N1CC(C([2H])([2H])C([2H])(C)C([2H])([2H])[2H])C([2H])(OC(=O)[C@@H](N)C(C)C)CC21[2H]. The van der Waals surface area contributed by atoms with Gasteiger partial charge in [-0.15, -0.1) is 0 Å². The summed E-state index contributed by atoms with van der Waals surface area (Å²) in [6.07, 6.45) is -38.3. The Morgan fingerprint density at radius 1 is 0.383 bits per heavy atom. The maximum absolute atomic E-state index is 13.1. The van der Waals surface area contributed by atoms with Gasteiger partial charge in [0, 0.05) is 180 Å². The molecule has 0 bridgehead atoms. The molecule has 24 nitrogen and oxygen atoms in total. The highest BCUT2D eigenvalue weighted by atomic mass is 16.6. The van der Waals surface area contributed by atoms with E-state index in [9.17, 15) is 28.8 Å². The van der Waals surface area contributed by atoms with Gasteiger partial charge in [0.25, 0.3) is 0 Å². The van der Waals surface area contributed by atoms with E-state index in [2.05, 4.69) is 0 Å². The van der Waals surface area contributed by atoms with E-state index in [1.807, 2.05) is 0 Å². The highest BCUT2D eigenvalue weighted by Crippen LogP contribution is 2.50. The number of nitrogens with zero attached hydrogens (tertiary/aromatic N) is 4. The van der Waals surface area contributed by atoms with E-state index >= 15 is 0 Å². The van der Waals surface area contributed by atoms with Crippen molar-refractivity contribution in [2.24, 2.45) is 93.9 Å². The van der Waals surface area contributed by atoms with Crippen LogP contribution in [0.4, 0.5) is 0 Å². The van der Waals surface area contributed by atoms with Crippen molar-refractivity contribution in [3.63, 3.8) is 0 Å². The maximum atomic E-state index is 13.1. The molecule has 8 aliphatic heterocycles. The van der Waals surface area contributed by atoms with Crippen LogP contribution in [0.25, 0.3) is 0 Å². The molecular weight excluding hydrogens is 1520 g/mol. The molecule has 8 aliphatic rings. The third-order valence-electron chi connectivity index (χ3n) is 20.6. The Bertz CT molecular complexity index is 6610. The van der Waals surface area contributed by atoms with Gasteiger partial charge in [0.1, 0.15) is 48.5 Å². The summed E-state index contributed by atoms with van der Waals surface area (Å²) in [6, 6.07) is -7.82. The molecule has 4 aromatic rings. The molecule has 8 N–H and O–H groups in total. The normalized spacial score (nSPS) is 42.2. The topological polar surface area (TPSA) is 296 Å². The Morgan fingerprint density at radius 2 is 0.633 bits per heavy atom. The second-order valence-electron chi connectivity index (χ2n) is 30.7. The van der Waals surface area contributed by atoms with Gasteiger partial charge in [-0.05, 0) is 191 Å². The van der Waals surface area contributed by atoms with Crippen molar-refractivity contribution in [1.29, 1.82) is 0 Å². The zero-order valence-electron chi connectivity index (χ0n) is 125. The van der Waals surface area contributed by atoms with Gasteiger partial charge >= 0.3 is 23.9 Å². The molecule has 120 heavy (non-hydrogen) atoms. The average molecular weight is 1730 g/mol. The highest BCUT2D eigenvalue weighted by molar-refractivity contribution is 5.77. The zero-order chi connectivity index (χ0) is 136. The number of benzene rings is 4. The molecule has 0 saturated carbocycles. The van der Waals surface area contributed by atoms with Crippen molar-refractivity contribution in [3.8, 4) is 46.0 Å². The second kappa shape index (κ2) is 43.9. The Labute approximate surface area is 794 Å². The highest BCUT2D eigenvalue weighted by Gasteiger charge is 2.47. The summed E-state index contributed by atoms with van der Waals surface area (Å²) in [5, 5.41) is 0. The van der Waals surface area contributed by atoms with Gasteiger partial charge in [-0.3, -0.25) is 38.8 Å². The summed E-state index contributed by atoms with van der Waals surface area (Å²) in [5.41, 5.74) is 21.0. The average Bonchev–Trinajstić information content (AvgIpc) is 0.676. The van der Waals surface area contributed by atoms with Gasteiger partial charge in [-0.2, -0.15) is 0 Å². The van der Waals surface area contributed by atoms with E-state index in [1.165, 1.54) is 47.7 Å². The number of rotatable bonds is 28. The summed E-state index contributed by atoms with van der Waals surface area (Å²) in [6.45, 7) is -13.4. The summed E-state index contributed by atoms with van der Waals surface area (Å²) in [4.78, 5) is 55.1. The number of methoxy groups -OCH3 is 8. The first-order valence-electron chi connectivity index (χ1n) is 65.9. The lowest BCUT2D eigenvalue weighted by atomic mass is 9.79. The second-order valence-corrected chi connectivity index (χ2v) is 30.7. The van der Waals surface area contributed by atoms with Crippen molar-refractivity contribution in [2.45, 2.75) is 260 Å². The molecule has 24 heteroatoms. The molecule has 4 aromatic carbocycles. The van der Waals surface area contributed by atoms with E-state index in [1.54, 1.807) is 55.4 Å². The fourth-order valence-corrected chi connectivity index (χ4v) is 13.7. The fourth-order valence-electron chi connectivity index (χ4n) is 13.7. The van der Waals surface area contributed by atoms with E-state index < -0.39 is 372 Å². The molecule has 0 spiro atoms. The lowest BCUT2D eigenvalue weighted by Crippen LogP contribution is -2.51. The number of aryl methyl sites for hydroxylation is 3. The molecule has 0 radical (unpaired) electrons. The van der Waals surface area contributed by atoms with Crippen LogP contribution in [0.2, 0.25) is 0 Å². The number of ether oxygens (including phenoxy) is 12. The zero-order valence-corrected chi connectivity index (χ0v) is 70.8. The molecule has 672 valence electrons. The number of hydrogen-bond donors (Lipinski definition) is 4. The number of carbonyl (C=O) groups is 4. The van der Waals surface area contributed by atoms with Crippen molar-refractivity contribution < 1.29 is 150 Å². The van der Waals surface area contributed by atoms with Crippen LogP contribution in [0, 0.1) is 70.9 Å². The van der Waals surface area contributed by atoms with Crippen LogP contribution in [0.5, 0.6) is 46.0 Å². The van der Waals surface area contributed by atoms with Gasteiger partial charge < -0.3 is 79.8 Å². The summed E-state index contributed by atoms with van der Waals surface area (Å²) in [5.74, 6) is -27.7. The van der Waals surface area contributed by atoms with E-state index in [-0.39, 0.29) is 62.3 Å². The number of nitrogens with two attached hydrogens (primary N) is 4. The predicted octanol–water partition coefficient (Wildman–Crippen LogP) is 14.3. The molecule has 0 aliphatic carbocycles. The van der Waals surface area contributed by atoms with Crippen LogP contribution in [0.1, 0.15) is 304 Å². The van der Waals surface area contributed by atoms with Crippen LogP contribution in [-0.2, 0) is 63.6 Å². The minimum atomic E-state index is -3.29. The van der Waals surface area contributed by atoms with E-state index in [0.717, 1.165) is 70.0 Å². The summed E-state index contributed by atoms with van der Waals surface area (Å²) >= 11 is 0. The largest absolute Gasteiger partial charge is 0.493 e. The lowest BCUT2D eigenvalue weighted by Gasteiger charge is -2.47. The molecule has 12 rings (SSSR count). The summed E-state index contributed by atoms with van der Waals surface area (Å²) in [7, 11) is 1.31. The Morgan fingerprint density at radius 3 is 0.925 bits per heavy atom. The van der Waals surface area contributed by atoms with Crippen LogP contribution in [0.15, 0.2) is 48.5 Å². The molecule has 16 unspecified atom stereocenters. The molecule has 4 saturated heterocycles. The molecule has 0 amide bonds. The third-order valence-corrected chi connectivity index (χ3v) is 20.6. The Kier molecular flexibility index (Phi) is 16.9. The number of esters is 4. The number of hydrogen-bond acceptors (Lipinski definition) is 24. The van der Waals surface area contributed by atoms with Gasteiger partial charge in [0.05, 0.1) is 75.9 Å².